The predicted molar refractivity (Wildman–Crippen MR) is 117 cm³/mol. The van der Waals surface area contributed by atoms with E-state index in [0.717, 1.165) is 35.2 Å². The third-order valence-electron chi connectivity index (χ3n) is 5.49. The first kappa shape index (κ1) is 19.2. The maximum Gasteiger partial charge on any atom is 0.138 e. The quantitative estimate of drug-likeness (QED) is 0.660. The van der Waals surface area contributed by atoms with Crippen LogP contribution in [0.25, 0.3) is 10.2 Å². The minimum atomic E-state index is 0.217. The Morgan fingerprint density at radius 1 is 1.21 bits per heavy atom. The molecule has 2 heterocycles. The third kappa shape index (κ3) is 3.71. The van der Waals surface area contributed by atoms with Crippen LogP contribution in [0.1, 0.15) is 40.7 Å². The number of thiophene rings is 1. The average Bonchev–Trinajstić information content (AvgIpc) is 3.06. The average molecular weight is 397 g/mol. The van der Waals surface area contributed by atoms with Gasteiger partial charge in [-0.15, -0.1) is 11.3 Å². The molecule has 0 amide bonds. The zero-order chi connectivity index (χ0) is 19.7. The summed E-state index contributed by atoms with van der Waals surface area (Å²) in [5.74, 6) is 2.70. The van der Waals surface area contributed by atoms with Gasteiger partial charge in [-0.25, -0.2) is 9.97 Å². The molecule has 0 fully saturated rings. The first-order chi connectivity index (χ1) is 13.6. The second-order valence-electron chi connectivity index (χ2n) is 7.65. The summed E-state index contributed by atoms with van der Waals surface area (Å²) in [7, 11) is 5.93. The summed E-state index contributed by atoms with van der Waals surface area (Å²) in [6, 6.07) is 8.52. The zero-order valence-electron chi connectivity index (χ0n) is 17.1. The van der Waals surface area contributed by atoms with Crippen molar-refractivity contribution in [2.45, 2.75) is 38.6 Å². The Morgan fingerprint density at radius 2 is 2.04 bits per heavy atom. The summed E-state index contributed by atoms with van der Waals surface area (Å²) in [4.78, 5) is 14.4. The molecule has 6 heteroatoms. The molecule has 3 aromatic rings. The van der Waals surface area contributed by atoms with Gasteiger partial charge in [0.2, 0.25) is 0 Å². The van der Waals surface area contributed by atoms with Gasteiger partial charge in [-0.2, -0.15) is 0 Å². The number of hydrogen-bond donors (Lipinski definition) is 1. The molecule has 1 aromatic carbocycles. The monoisotopic (exact) mass is 396 g/mol. The number of rotatable bonds is 6. The highest BCUT2D eigenvalue weighted by Gasteiger charge is 2.22. The molecule has 1 aliphatic rings. The fraction of sp³-hybridized carbons (Fsp3) is 0.455. The molecule has 0 unspecified atom stereocenters. The van der Waals surface area contributed by atoms with Crippen LogP contribution in [0, 0.1) is 6.92 Å². The summed E-state index contributed by atoms with van der Waals surface area (Å²) in [5.41, 5.74) is 2.70. The highest BCUT2D eigenvalue weighted by Crippen LogP contribution is 2.38. The molecule has 0 saturated carbocycles. The molecule has 5 nitrogen and oxygen atoms in total. The molecule has 0 bridgehead atoms. The van der Waals surface area contributed by atoms with Gasteiger partial charge >= 0.3 is 0 Å². The maximum atomic E-state index is 5.41. The van der Waals surface area contributed by atoms with Crippen LogP contribution < -0.4 is 10.1 Å². The molecular weight excluding hydrogens is 368 g/mol. The van der Waals surface area contributed by atoms with Gasteiger partial charge in [0.1, 0.15) is 22.2 Å². The Morgan fingerprint density at radius 3 is 2.82 bits per heavy atom. The van der Waals surface area contributed by atoms with Gasteiger partial charge in [-0.05, 0) is 70.0 Å². The molecule has 2 aromatic heterocycles. The highest BCUT2D eigenvalue weighted by atomic mass is 32.1. The molecule has 0 saturated heterocycles. The summed E-state index contributed by atoms with van der Waals surface area (Å²) >= 11 is 1.85. The van der Waals surface area contributed by atoms with Gasteiger partial charge in [0.15, 0.2) is 0 Å². The number of methoxy groups -OCH3 is 1. The fourth-order valence-electron chi connectivity index (χ4n) is 4.03. The van der Waals surface area contributed by atoms with Crippen molar-refractivity contribution in [2.75, 3.05) is 33.1 Å². The summed E-state index contributed by atoms with van der Waals surface area (Å²) in [6.45, 7) is 2.76. The lowest BCUT2D eigenvalue weighted by molar-refractivity contribution is 0.310. The lowest BCUT2D eigenvalue weighted by atomic mass is 9.97. The number of aromatic nitrogens is 2. The topological polar surface area (TPSA) is 50.3 Å². The summed E-state index contributed by atoms with van der Waals surface area (Å²) in [6.07, 6.45) is 4.87. The number of ether oxygens (including phenoxy) is 1. The van der Waals surface area contributed by atoms with Crippen LogP contribution in [0.3, 0.4) is 0 Å². The van der Waals surface area contributed by atoms with Crippen molar-refractivity contribution >= 4 is 27.4 Å². The number of fused-ring (bicyclic) bond motifs is 3. The molecule has 1 N–H and O–H groups in total. The summed E-state index contributed by atoms with van der Waals surface area (Å²) in [5, 5.41) is 4.90. The lowest BCUT2D eigenvalue weighted by Crippen LogP contribution is -2.27. The van der Waals surface area contributed by atoms with Gasteiger partial charge in [0.05, 0.1) is 18.5 Å². The van der Waals surface area contributed by atoms with Crippen molar-refractivity contribution < 1.29 is 4.74 Å². The number of benzene rings is 1. The van der Waals surface area contributed by atoms with Crippen molar-refractivity contribution in [1.82, 2.24) is 14.9 Å². The van der Waals surface area contributed by atoms with E-state index in [-0.39, 0.29) is 6.04 Å². The van der Waals surface area contributed by atoms with Crippen LogP contribution >= 0.6 is 11.3 Å². The smallest absolute Gasteiger partial charge is 0.138 e. The molecule has 4 rings (SSSR count). The van der Waals surface area contributed by atoms with Crippen LogP contribution in [0.4, 0.5) is 5.82 Å². The number of hydrogen-bond acceptors (Lipinski definition) is 6. The molecule has 0 radical (unpaired) electrons. The molecular formula is C22H28N4OS. The maximum absolute atomic E-state index is 5.41. The van der Waals surface area contributed by atoms with E-state index in [2.05, 4.69) is 36.4 Å². The van der Waals surface area contributed by atoms with Gasteiger partial charge in [0.25, 0.3) is 0 Å². The van der Waals surface area contributed by atoms with E-state index in [1.807, 2.05) is 30.4 Å². The number of anilines is 1. The highest BCUT2D eigenvalue weighted by molar-refractivity contribution is 7.19. The van der Waals surface area contributed by atoms with E-state index in [4.69, 9.17) is 14.7 Å². The van der Waals surface area contributed by atoms with Crippen LogP contribution in [0.5, 0.6) is 5.75 Å². The van der Waals surface area contributed by atoms with Crippen molar-refractivity contribution in [2.24, 2.45) is 0 Å². The molecule has 1 aliphatic carbocycles. The van der Waals surface area contributed by atoms with E-state index in [0.29, 0.717) is 0 Å². The van der Waals surface area contributed by atoms with Gasteiger partial charge in [0, 0.05) is 11.4 Å². The second-order valence-corrected chi connectivity index (χ2v) is 8.73. The van der Waals surface area contributed by atoms with Crippen molar-refractivity contribution in [1.29, 1.82) is 0 Å². The Kier molecular flexibility index (Phi) is 5.51. The van der Waals surface area contributed by atoms with Gasteiger partial charge in [-0.3, -0.25) is 0 Å². The fourth-order valence-corrected chi connectivity index (χ4v) is 5.34. The Labute approximate surface area is 170 Å². The largest absolute Gasteiger partial charge is 0.497 e. The molecule has 0 aliphatic heterocycles. The standard InChI is InChI=1S/C22H28N4OS/c1-14-24-21(20-17-10-5-6-11-19(17)28-22(20)25-14)23-13-18(26(2)3)15-8-7-9-16(12-15)27-4/h7-9,12,18H,5-6,10-11,13H2,1-4H3,(H,23,24,25)/t18-/m1/s1. The Balaban J connectivity index is 1.66. The van der Waals surface area contributed by atoms with Crippen LogP contribution in [0.2, 0.25) is 0 Å². The number of nitrogens with one attached hydrogen (secondary N) is 1. The minimum absolute atomic E-state index is 0.217. The van der Waals surface area contributed by atoms with Crippen molar-refractivity contribution in [3.63, 3.8) is 0 Å². The molecule has 1 atom stereocenters. The van der Waals surface area contributed by atoms with E-state index in [1.54, 1.807) is 7.11 Å². The zero-order valence-corrected chi connectivity index (χ0v) is 17.9. The van der Waals surface area contributed by atoms with Gasteiger partial charge < -0.3 is 15.0 Å². The van der Waals surface area contributed by atoms with Crippen LogP contribution in [0.15, 0.2) is 24.3 Å². The molecule has 28 heavy (non-hydrogen) atoms. The number of nitrogens with zero attached hydrogens (tertiary/aromatic N) is 3. The lowest BCUT2D eigenvalue weighted by Gasteiger charge is -2.26. The van der Waals surface area contributed by atoms with Crippen molar-refractivity contribution in [3.8, 4) is 5.75 Å². The molecule has 148 valence electrons. The van der Waals surface area contributed by atoms with Crippen molar-refractivity contribution in [3.05, 3.63) is 46.1 Å². The third-order valence-corrected chi connectivity index (χ3v) is 6.68. The van der Waals surface area contributed by atoms with E-state index >= 15 is 0 Å². The number of aryl methyl sites for hydroxylation is 3. The summed E-state index contributed by atoms with van der Waals surface area (Å²) < 4.78 is 5.41. The predicted octanol–water partition coefficient (Wildman–Crippen LogP) is 4.60. The minimum Gasteiger partial charge on any atom is -0.497 e. The number of likely N-dealkylation sites (N-methyl/N-ethyl adjacent to an activating group) is 1. The SMILES string of the molecule is COc1cccc([C@@H](CNc2nc(C)nc3sc4c(c23)CCCC4)N(C)C)c1. The van der Waals surface area contributed by atoms with E-state index < -0.39 is 0 Å². The first-order valence-corrected chi connectivity index (χ1v) is 10.7. The van der Waals surface area contributed by atoms with Crippen LogP contribution in [-0.4, -0.2) is 42.6 Å². The van der Waals surface area contributed by atoms with Gasteiger partial charge in [-0.1, -0.05) is 12.1 Å². The second kappa shape index (κ2) is 8.05. The first-order valence-electron chi connectivity index (χ1n) is 9.90. The molecule has 0 spiro atoms. The Hall–Kier alpha value is -2.18. The normalized spacial score (nSPS) is 14.9. The Bertz CT molecular complexity index is 982. The van der Waals surface area contributed by atoms with Crippen LogP contribution in [-0.2, 0) is 12.8 Å². The van der Waals surface area contributed by atoms with E-state index in [1.165, 1.54) is 40.7 Å². The van der Waals surface area contributed by atoms with E-state index in [9.17, 15) is 0 Å².